The van der Waals surface area contributed by atoms with Crippen LogP contribution in [0.3, 0.4) is 0 Å². The van der Waals surface area contributed by atoms with E-state index in [1.54, 1.807) is 49.4 Å². The molecule has 0 unspecified atom stereocenters. The number of ether oxygens (including phenoxy) is 1. The molecule has 0 radical (unpaired) electrons. The van der Waals surface area contributed by atoms with Crippen molar-refractivity contribution >= 4 is 22.7 Å². The van der Waals surface area contributed by atoms with Gasteiger partial charge in [-0.25, -0.2) is 40.0 Å². The summed E-state index contributed by atoms with van der Waals surface area (Å²) in [6.07, 6.45) is 17.2. The quantitative estimate of drug-likeness (QED) is 0.193. The molecule has 0 saturated heterocycles. The number of aromatic nitrogens is 14. The number of tetrazole rings is 1. The Balaban J connectivity index is 1.15. The third kappa shape index (κ3) is 5.06. The summed E-state index contributed by atoms with van der Waals surface area (Å²) in [5.41, 5.74) is 5.15. The third-order valence-electron chi connectivity index (χ3n) is 7.57. The van der Waals surface area contributed by atoms with Crippen LogP contribution in [0.4, 0.5) is 0 Å². The highest BCUT2D eigenvalue weighted by molar-refractivity contribution is 7.10. The van der Waals surface area contributed by atoms with E-state index < -0.39 is 0 Å². The molecule has 1 aliphatic heterocycles. The molecule has 1 aliphatic rings. The number of thiazole rings is 1. The Bertz CT molecular complexity index is 2450. The molecule has 0 bridgehead atoms. The summed E-state index contributed by atoms with van der Waals surface area (Å²) < 4.78 is 12.1. The van der Waals surface area contributed by atoms with Gasteiger partial charge in [0, 0.05) is 59.4 Å². The Kier molecular flexibility index (Phi) is 6.90. The maximum atomic E-state index is 6.10. The van der Waals surface area contributed by atoms with E-state index in [2.05, 4.69) is 55.5 Å². The predicted molar refractivity (Wildman–Crippen MR) is 176 cm³/mol. The van der Waals surface area contributed by atoms with E-state index in [4.69, 9.17) is 24.1 Å². The normalized spacial score (nSPS) is 12.8. The SMILES string of the molecule is C1=CC(c2nccs2)=C(c2ncnc(-c3c[nH]c(-c4ccoc4-c4ncc(-c5ncccn5)c(-c5ccc[nH]5)c4-c4nnn[nH]4)n3)n2)OC1. The van der Waals surface area contributed by atoms with Gasteiger partial charge >= 0.3 is 0 Å². The van der Waals surface area contributed by atoms with Crippen molar-refractivity contribution in [1.29, 1.82) is 0 Å². The molecule has 0 saturated carbocycles. The summed E-state index contributed by atoms with van der Waals surface area (Å²) in [5.74, 6) is 3.04. The molecule has 0 spiro atoms. The molecular formula is C32H20N14O2S. The van der Waals surface area contributed by atoms with Crippen LogP contribution in [0.2, 0.25) is 0 Å². The van der Waals surface area contributed by atoms with Crippen LogP contribution in [0.1, 0.15) is 10.8 Å². The number of aromatic amines is 3. The lowest BCUT2D eigenvalue weighted by Crippen LogP contribution is -2.06. The minimum atomic E-state index is 0.356. The van der Waals surface area contributed by atoms with Crippen LogP contribution < -0.4 is 0 Å². The fourth-order valence-corrected chi connectivity index (χ4v) is 6.16. The molecule has 9 rings (SSSR count). The number of allylic oxidation sites excluding steroid dienone is 2. The molecule has 0 aliphatic carbocycles. The van der Waals surface area contributed by atoms with Gasteiger partial charge in [-0.2, -0.15) is 0 Å². The van der Waals surface area contributed by atoms with Crippen molar-refractivity contribution in [2.24, 2.45) is 0 Å². The van der Waals surface area contributed by atoms with Gasteiger partial charge in [0.2, 0.25) is 0 Å². The number of rotatable bonds is 8. The second-order valence-corrected chi connectivity index (χ2v) is 11.3. The van der Waals surface area contributed by atoms with Gasteiger partial charge < -0.3 is 19.1 Å². The second kappa shape index (κ2) is 12.0. The number of imidazole rings is 1. The fraction of sp³-hybridized carbons (Fsp3) is 0.0312. The standard InChI is InChI=1S/C32H20N14O2S/c1-5-20(33-7-1)22-19(27-34-8-3-9-35-27)14-37-24(23(22)30-43-45-46-44-30)25-17(6-12-48-25)28-38-15-21(41-28)29-39-16-40-31(42-29)26-18(4-2-11-47-26)32-36-10-13-49-32/h1-10,12-16,33H,11H2,(H,38,41)(H,43,44,45,46). The molecule has 0 atom stereocenters. The summed E-state index contributed by atoms with van der Waals surface area (Å²) in [6.45, 7) is 0.395. The molecule has 236 valence electrons. The Morgan fingerprint density at radius 3 is 2.59 bits per heavy atom. The summed E-state index contributed by atoms with van der Waals surface area (Å²) in [4.78, 5) is 43.1. The van der Waals surface area contributed by atoms with E-state index in [9.17, 15) is 0 Å². The first-order chi connectivity index (χ1) is 24.3. The lowest BCUT2D eigenvalue weighted by Gasteiger charge is -2.15. The topological polar surface area (TPSA) is 212 Å². The highest BCUT2D eigenvalue weighted by Crippen LogP contribution is 2.44. The number of furan rings is 1. The molecule has 8 aromatic rings. The van der Waals surface area contributed by atoms with E-state index in [-0.39, 0.29) is 0 Å². The van der Waals surface area contributed by atoms with Crippen LogP contribution >= 0.6 is 11.3 Å². The Labute approximate surface area is 279 Å². The summed E-state index contributed by atoms with van der Waals surface area (Å²) >= 11 is 1.51. The van der Waals surface area contributed by atoms with Crippen molar-refractivity contribution < 1.29 is 9.15 Å². The zero-order valence-electron chi connectivity index (χ0n) is 25.0. The van der Waals surface area contributed by atoms with Gasteiger partial charge in [-0.1, -0.05) is 0 Å². The van der Waals surface area contributed by atoms with Crippen LogP contribution in [0.5, 0.6) is 0 Å². The van der Waals surface area contributed by atoms with Crippen molar-refractivity contribution in [3.63, 3.8) is 0 Å². The molecule has 17 heteroatoms. The number of hydrogen-bond acceptors (Lipinski definition) is 14. The number of H-pyrrole nitrogens is 3. The van der Waals surface area contributed by atoms with Gasteiger partial charge in [0.15, 0.2) is 34.8 Å². The van der Waals surface area contributed by atoms with Gasteiger partial charge in [0.05, 0.1) is 23.0 Å². The third-order valence-corrected chi connectivity index (χ3v) is 8.37. The molecular weight excluding hydrogens is 645 g/mol. The monoisotopic (exact) mass is 664 g/mol. The van der Waals surface area contributed by atoms with Crippen molar-refractivity contribution in [2.45, 2.75) is 0 Å². The van der Waals surface area contributed by atoms with Gasteiger partial charge in [-0.05, 0) is 46.8 Å². The van der Waals surface area contributed by atoms with Gasteiger partial charge in [0.1, 0.15) is 35.2 Å². The van der Waals surface area contributed by atoms with Crippen LogP contribution in [0, 0.1) is 0 Å². The minimum absolute atomic E-state index is 0.356. The molecule has 0 amide bonds. The van der Waals surface area contributed by atoms with Crippen LogP contribution in [-0.2, 0) is 4.74 Å². The average molecular weight is 665 g/mol. The zero-order valence-corrected chi connectivity index (χ0v) is 25.8. The highest BCUT2D eigenvalue weighted by atomic mass is 32.1. The largest absolute Gasteiger partial charge is 0.485 e. The van der Waals surface area contributed by atoms with Crippen molar-refractivity contribution in [1.82, 2.24) is 70.5 Å². The molecule has 16 nitrogen and oxygen atoms in total. The van der Waals surface area contributed by atoms with E-state index in [1.807, 2.05) is 35.9 Å². The lowest BCUT2D eigenvalue weighted by atomic mass is 9.95. The maximum absolute atomic E-state index is 6.10. The minimum Gasteiger partial charge on any atom is -0.485 e. The molecule has 49 heavy (non-hydrogen) atoms. The number of pyridine rings is 1. The van der Waals surface area contributed by atoms with Crippen molar-refractivity contribution in [3.05, 3.63) is 102 Å². The van der Waals surface area contributed by atoms with Crippen molar-refractivity contribution in [2.75, 3.05) is 6.61 Å². The predicted octanol–water partition coefficient (Wildman–Crippen LogP) is 5.13. The van der Waals surface area contributed by atoms with Crippen LogP contribution in [0.15, 0.2) is 96.0 Å². The van der Waals surface area contributed by atoms with Gasteiger partial charge in [-0.3, -0.25) is 4.98 Å². The lowest BCUT2D eigenvalue weighted by molar-refractivity contribution is 0.314. The van der Waals surface area contributed by atoms with Gasteiger partial charge in [0.25, 0.3) is 0 Å². The summed E-state index contributed by atoms with van der Waals surface area (Å²) in [5, 5.41) is 17.6. The molecule has 0 fully saturated rings. The van der Waals surface area contributed by atoms with Crippen LogP contribution in [-0.4, -0.2) is 77.1 Å². The first-order valence-electron chi connectivity index (χ1n) is 14.8. The summed E-state index contributed by atoms with van der Waals surface area (Å²) in [6, 6.07) is 7.39. The Morgan fingerprint density at radius 1 is 0.816 bits per heavy atom. The molecule has 9 heterocycles. The first kappa shape index (κ1) is 28.2. The van der Waals surface area contributed by atoms with E-state index in [1.165, 1.54) is 17.7 Å². The average Bonchev–Trinajstić information content (AvgIpc) is 4.01. The van der Waals surface area contributed by atoms with E-state index >= 15 is 0 Å². The second-order valence-electron chi connectivity index (χ2n) is 10.4. The van der Waals surface area contributed by atoms with Crippen molar-refractivity contribution in [3.8, 4) is 68.4 Å². The Hall–Kier alpha value is -7.01. The van der Waals surface area contributed by atoms with Gasteiger partial charge in [-0.15, -0.1) is 16.4 Å². The fourth-order valence-electron chi connectivity index (χ4n) is 5.50. The van der Waals surface area contributed by atoms with Crippen LogP contribution in [0.25, 0.3) is 79.7 Å². The molecule has 0 aromatic carbocycles. The number of nitrogens with zero attached hydrogens (tertiary/aromatic N) is 11. The highest BCUT2D eigenvalue weighted by Gasteiger charge is 2.28. The smallest absolute Gasteiger partial charge is 0.199 e. The zero-order chi connectivity index (χ0) is 32.6. The maximum Gasteiger partial charge on any atom is 0.199 e. The van der Waals surface area contributed by atoms with E-state index in [0.29, 0.717) is 75.3 Å². The number of nitrogens with one attached hydrogen (secondary N) is 3. The first-order valence-corrected chi connectivity index (χ1v) is 15.6. The molecule has 8 aromatic heterocycles. The van der Waals surface area contributed by atoms with E-state index in [0.717, 1.165) is 21.8 Å². The number of hydrogen-bond donors (Lipinski definition) is 3. The Morgan fingerprint density at radius 2 is 1.76 bits per heavy atom. The molecule has 3 N–H and O–H groups in total. The summed E-state index contributed by atoms with van der Waals surface area (Å²) in [7, 11) is 0.